The van der Waals surface area contributed by atoms with Crippen LogP contribution >= 0.6 is 0 Å². The van der Waals surface area contributed by atoms with Crippen molar-refractivity contribution in [3.63, 3.8) is 0 Å². The number of hydrogen-bond acceptors (Lipinski definition) is 7. The summed E-state index contributed by atoms with van der Waals surface area (Å²) in [5, 5.41) is 0. The van der Waals surface area contributed by atoms with Crippen molar-refractivity contribution in [2.45, 2.75) is 45.6 Å². The maximum atomic E-state index is 14.2. The Morgan fingerprint density at radius 3 is 2.87 bits per heavy atom. The number of nitrogens with zero attached hydrogens (tertiary/aromatic N) is 5. The van der Waals surface area contributed by atoms with Crippen LogP contribution in [-0.2, 0) is 24.4 Å². The fourth-order valence-corrected chi connectivity index (χ4v) is 4.83. The van der Waals surface area contributed by atoms with Crippen LogP contribution in [0.5, 0.6) is 5.88 Å². The fraction of sp³-hybridized carbons (Fsp3) is 0.357. The summed E-state index contributed by atoms with van der Waals surface area (Å²) in [7, 11) is 0. The maximum Gasteiger partial charge on any atom is 0.214 e. The lowest BCUT2D eigenvalue weighted by Gasteiger charge is -2.29. The van der Waals surface area contributed by atoms with Gasteiger partial charge >= 0.3 is 0 Å². The van der Waals surface area contributed by atoms with Gasteiger partial charge in [-0.15, -0.1) is 0 Å². The highest BCUT2D eigenvalue weighted by molar-refractivity contribution is 5.78. The van der Waals surface area contributed by atoms with Crippen molar-refractivity contribution in [3.8, 4) is 5.88 Å². The third-order valence-corrected chi connectivity index (χ3v) is 7.08. The lowest BCUT2D eigenvalue weighted by atomic mass is 10.0. The van der Waals surface area contributed by atoms with Crippen LogP contribution in [0.4, 0.5) is 4.39 Å². The monoisotopic (exact) mass is 516 g/mol. The summed E-state index contributed by atoms with van der Waals surface area (Å²) in [6, 6.07) is 10.8. The molecule has 1 saturated heterocycles. The number of pyridine rings is 1. The van der Waals surface area contributed by atoms with E-state index in [-0.39, 0.29) is 24.4 Å². The highest BCUT2D eigenvalue weighted by Crippen LogP contribution is 2.25. The highest BCUT2D eigenvalue weighted by Gasteiger charge is 2.25. The number of aromatic amines is 1. The highest BCUT2D eigenvalue weighted by atomic mass is 19.1. The molecule has 1 aromatic carbocycles. The molecular weight excluding hydrogens is 487 g/mol. The average Bonchev–Trinajstić information content (AvgIpc) is 3.44. The van der Waals surface area contributed by atoms with Crippen LogP contribution in [0, 0.1) is 12.7 Å². The van der Waals surface area contributed by atoms with Crippen molar-refractivity contribution >= 4 is 23.2 Å². The molecule has 9 nitrogen and oxygen atoms in total. The number of aromatic nitrogens is 5. The molecule has 0 aliphatic carbocycles. The molecule has 4 aromatic rings. The first-order valence-corrected chi connectivity index (χ1v) is 12.8. The second-order valence-electron chi connectivity index (χ2n) is 9.79. The van der Waals surface area contributed by atoms with Crippen LogP contribution < -0.4 is 4.74 Å². The first kappa shape index (κ1) is 24.4. The Morgan fingerprint density at radius 2 is 2.13 bits per heavy atom. The number of rotatable bonds is 9. The van der Waals surface area contributed by atoms with Crippen molar-refractivity contribution in [1.29, 1.82) is 0 Å². The molecular formula is C28H29FN6O3. The average molecular weight is 517 g/mol. The molecule has 10 heteroatoms. The Hall–Kier alpha value is -3.89. The van der Waals surface area contributed by atoms with Crippen molar-refractivity contribution in [2.75, 3.05) is 19.7 Å². The number of H-pyrrole nitrogens is 1. The standard InChI is InChI=1S/C28H29FN6O3/c1-18-5-6-20(22(29)13-18)17-38-26-4-2-3-23(30-26)19-7-10-34(11-8-19)15-25-33-27-28(32-24(16-36)31-27)35(25)14-21-9-12-37-21/h2-7,13,16,21H,8-12,14-15,17H2,1H3,(H,31,32). The normalized spacial score (nSPS) is 17.8. The van der Waals surface area contributed by atoms with Crippen molar-refractivity contribution in [1.82, 2.24) is 29.4 Å². The molecule has 196 valence electrons. The number of halogens is 1. The van der Waals surface area contributed by atoms with Gasteiger partial charge in [0.25, 0.3) is 0 Å². The van der Waals surface area contributed by atoms with Crippen LogP contribution in [0.25, 0.3) is 16.9 Å². The molecule has 0 radical (unpaired) electrons. The van der Waals surface area contributed by atoms with Gasteiger partial charge < -0.3 is 19.0 Å². The van der Waals surface area contributed by atoms with Crippen molar-refractivity contribution < 1.29 is 18.7 Å². The second-order valence-corrected chi connectivity index (χ2v) is 9.79. The third kappa shape index (κ3) is 5.09. The number of hydrogen-bond donors (Lipinski definition) is 1. The number of carbonyl (C=O) groups is 1. The number of carbonyl (C=O) groups excluding carboxylic acids is 1. The van der Waals surface area contributed by atoms with E-state index in [4.69, 9.17) is 14.5 Å². The molecule has 0 spiro atoms. The molecule has 38 heavy (non-hydrogen) atoms. The van der Waals surface area contributed by atoms with Gasteiger partial charge in [-0.2, -0.15) is 0 Å². The number of aryl methyl sites for hydroxylation is 1. The van der Waals surface area contributed by atoms with Crippen LogP contribution in [0.15, 0.2) is 42.5 Å². The Kier molecular flexibility index (Phi) is 6.73. The predicted molar refractivity (Wildman–Crippen MR) is 139 cm³/mol. The predicted octanol–water partition coefficient (Wildman–Crippen LogP) is 4.07. The molecule has 2 aliphatic heterocycles. The Labute approximate surface area is 219 Å². The Bertz CT molecular complexity index is 1510. The molecule has 1 unspecified atom stereocenters. The fourth-order valence-electron chi connectivity index (χ4n) is 4.83. The SMILES string of the molecule is Cc1ccc(COc2cccc(C3=CCN(Cc4nc5[nH]c(C=O)nc5n4CC4CCO4)CC3)n2)c(F)c1. The lowest BCUT2D eigenvalue weighted by Crippen LogP contribution is -2.33. The van der Waals surface area contributed by atoms with Crippen LogP contribution in [-0.4, -0.2) is 61.5 Å². The van der Waals surface area contributed by atoms with Crippen molar-refractivity contribution in [3.05, 3.63) is 76.8 Å². The summed E-state index contributed by atoms with van der Waals surface area (Å²) in [4.78, 5) is 30.3. The number of ether oxygens (including phenoxy) is 2. The van der Waals surface area contributed by atoms with Gasteiger partial charge in [0.2, 0.25) is 5.88 Å². The number of imidazole rings is 2. The molecule has 0 amide bonds. The van der Waals surface area contributed by atoms with Crippen LogP contribution in [0.3, 0.4) is 0 Å². The van der Waals surface area contributed by atoms with Gasteiger partial charge in [0.15, 0.2) is 23.4 Å². The van der Waals surface area contributed by atoms with Gasteiger partial charge in [0, 0.05) is 31.3 Å². The number of aldehydes is 1. The summed E-state index contributed by atoms with van der Waals surface area (Å²) in [5.74, 6) is 1.39. The van der Waals surface area contributed by atoms with Crippen molar-refractivity contribution in [2.24, 2.45) is 0 Å². The van der Waals surface area contributed by atoms with E-state index in [1.165, 1.54) is 6.07 Å². The van der Waals surface area contributed by atoms with E-state index in [0.29, 0.717) is 42.1 Å². The van der Waals surface area contributed by atoms with Gasteiger partial charge in [-0.3, -0.25) is 9.69 Å². The van der Waals surface area contributed by atoms with Gasteiger partial charge in [0.05, 0.1) is 24.9 Å². The van der Waals surface area contributed by atoms with E-state index in [9.17, 15) is 9.18 Å². The summed E-state index contributed by atoms with van der Waals surface area (Å²) in [5.41, 5.74) is 4.73. The second kappa shape index (κ2) is 10.5. The van der Waals surface area contributed by atoms with Crippen LogP contribution in [0.1, 0.15) is 46.1 Å². The van der Waals surface area contributed by atoms with E-state index >= 15 is 0 Å². The molecule has 6 rings (SSSR count). The van der Waals surface area contributed by atoms with Gasteiger partial charge in [0.1, 0.15) is 18.2 Å². The number of nitrogens with one attached hydrogen (secondary N) is 1. The minimum atomic E-state index is -0.269. The number of fused-ring (bicyclic) bond motifs is 1. The minimum Gasteiger partial charge on any atom is -0.473 e. The first-order chi connectivity index (χ1) is 18.6. The van der Waals surface area contributed by atoms with Gasteiger partial charge in [-0.05, 0) is 43.0 Å². The zero-order valence-electron chi connectivity index (χ0n) is 21.2. The zero-order valence-corrected chi connectivity index (χ0v) is 21.2. The summed E-state index contributed by atoms with van der Waals surface area (Å²) in [6.07, 6.45) is 4.89. The van der Waals surface area contributed by atoms with E-state index in [2.05, 4.69) is 30.5 Å². The zero-order chi connectivity index (χ0) is 26.1. The largest absolute Gasteiger partial charge is 0.473 e. The Morgan fingerprint density at radius 1 is 1.24 bits per heavy atom. The Balaban J connectivity index is 1.12. The van der Waals surface area contributed by atoms with E-state index in [1.807, 2.05) is 25.1 Å². The smallest absolute Gasteiger partial charge is 0.214 e. The topological polar surface area (TPSA) is 98.2 Å². The molecule has 1 fully saturated rings. The molecule has 5 heterocycles. The number of benzene rings is 1. The quantitative estimate of drug-likeness (QED) is 0.335. The summed E-state index contributed by atoms with van der Waals surface area (Å²) >= 11 is 0. The van der Waals surface area contributed by atoms with E-state index in [0.717, 1.165) is 55.2 Å². The first-order valence-electron chi connectivity index (χ1n) is 12.8. The van der Waals surface area contributed by atoms with Gasteiger partial charge in [-0.25, -0.2) is 19.3 Å². The molecule has 3 aromatic heterocycles. The van der Waals surface area contributed by atoms with Crippen LogP contribution in [0.2, 0.25) is 0 Å². The maximum absolute atomic E-state index is 14.2. The molecule has 1 N–H and O–H groups in total. The molecule has 2 aliphatic rings. The minimum absolute atomic E-state index is 0.130. The molecule has 1 atom stereocenters. The van der Waals surface area contributed by atoms with E-state index < -0.39 is 0 Å². The van der Waals surface area contributed by atoms with E-state index in [1.54, 1.807) is 12.1 Å². The third-order valence-electron chi connectivity index (χ3n) is 7.08. The summed E-state index contributed by atoms with van der Waals surface area (Å²) < 4.78 is 27.7. The van der Waals surface area contributed by atoms with Gasteiger partial charge in [-0.1, -0.05) is 24.3 Å². The lowest BCUT2D eigenvalue weighted by molar-refractivity contribution is -0.0592. The molecule has 0 bridgehead atoms. The summed E-state index contributed by atoms with van der Waals surface area (Å²) in [6.45, 7) is 5.71. The molecule has 0 saturated carbocycles.